The molecule has 2 aromatic carbocycles. The van der Waals surface area contributed by atoms with Crippen LogP contribution < -0.4 is 5.32 Å². The lowest BCUT2D eigenvalue weighted by molar-refractivity contribution is -0.129. The predicted molar refractivity (Wildman–Crippen MR) is 113 cm³/mol. The number of hydrogen-bond donors (Lipinski definition) is 1. The molecular weight excluding hydrogens is 364 g/mol. The van der Waals surface area contributed by atoms with E-state index >= 15 is 0 Å². The number of carbonyl (C=O) groups excluding carboxylic acids is 2. The molecule has 29 heavy (non-hydrogen) atoms. The number of aryl methyl sites for hydroxylation is 2. The van der Waals surface area contributed by atoms with Gasteiger partial charge in [-0.05, 0) is 44.5 Å². The molecule has 0 aliphatic rings. The number of rotatable bonds is 6. The minimum atomic E-state index is -0.242. The molecule has 0 radical (unpaired) electrons. The minimum absolute atomic E-state index is 0.0470. The van der Waals surface area contributed by atoms with Crippen LogP contribution in [0.1, 0.15) is 32.9 Å². The van der Waals surface area contributed by atoms with Crippen molar-refractivity contribution < 1.29 is 9.59 Å². The van der Waals surface area contributed by atoms with Crippen LogP contribution in [-0.2, 0) is 11.3 Å². The van der Waals surface area contributed by atoms with Crippen molar-refractivity contribution in [3.8, 4) is 5.69 Å². The molecule has 2 amide bonds. The number of amides is 2. The topological polar surface area (TPSA) is 67.2 Å². The second kappa shape index (κ2) is 8.73. The fraction of sp³-hybridized carbons (Fsp3) is 0.261. The molecule has 1 aromatic heterocycles. The first kappa shape index (κ1) is 20.3. The fourth-order valence-electron chi connectivity index (χ4n) is 3.26. The Labute approximate surface area is 171 Å². The molecular formula is C23H26N4O2. The van der Waals surface area contributed by atoms with E-state index in [-0.39, 0.29) is 18.4 Å². The third-order valence-corrected chi connectivity index (χ3v) is 5.05. The predicted octanol–water partition coefficient (Wildman–Crippen LogP) is 3.19. The summed E-state index contributed by atoms with van der Waals surface area (Å²) >= 11 is 0. The van der Waals surface area contributed by atoms with E-state index in [0.29, 0.717) is 12.1 Å². The molecule has 0 spiro atoms. The molecule has 1 heterocycles. The molecule has 150 valence electrons. The van der Waals surface area contributed by atoms with Crippen molar-refractivity contribution in [2.75, 3.05) is 13.6 Å². The van der Waals surface area contributed by atoms with E-state index in [9.17, 15) is 9.59 Å². The maximum Gasteiger partial charge on any atom is 0.251 e. The second-order valence-corrected chi connectivity index (χ2v) is 7.14. The summed E-state index contributed by atoms with van der Waals surface area (Å²) in [5, 5.41) is 7.34. The van der Waals surface area contributed by atoms with Gasteiger partial charge in [0.15, 0.2) is 0 Å². The number of nitrogens with one attached hydrogen (secondary N) is 1. The van der Waals surface area contributed by atoms with Gasteiger partial charge in [-0.15, -0.1) is 0 Å². The average molecular weight is 390 g/mol. The number of para-hydroxylation sites is 1. The average Bonchev–Trinajstić information content (AvgIpc) is 3.01. The zero-order valence-electron chi connectivity index (χ0n) is 17.3. The summed E-state index contributed by atoms with van der Waals surface area (Å²) in [5.41, 5.74) is 5.34. The third kappa shape index (κ3) is 4.54. The highest BCUT2D eigenvalue weighted by Crippen LogP contribution is 2.19. The molecule has 0 atom stereocenters. The molecule has 3 aromatic rings. The highest BCUT2D eigenvalue weighted by atomic mass is 16.2. The van der Waals surface area contributed by atoms with E-state index in [1.165, 1.54) is 0 Å². The first-order valence-electron chi connectivity index (χ1n) is 9.56. The van der Waals surface area contributed by atoms with Gasteiger partial charge in [-0.3, -0.25) is 9.59 Å². The van der Waals surface area contributed by atoms with E-state index in [1.807, 2.05) is 74.0 Å². The highest BCUT2D eigenvalue weighted by Gasteiger charge is 2.18. The first-order chi connectivity index (χ1) is 13.9. The number of likely N-dealkylation sites (N-methyl/N-ethyl adjacent to an activating group) is 1. The molecule has 0 aliphatic heterocycles. The largest absolute Gasteiger partial charge is 0.343 e. The second-order valence-electron chi connectivity index (χ2n) is 7.14. The standard InChI is InChI=1S/C23H26N4O2/c1-16-10-8-9-13-20(16)23(29)24-14-22(28)26(4)15-21-17(2)25-27(18(21)3)19-11-6-5-7-12-19/h5-13H,14-15H2,1-4H3,(H,24,29). The highest BCUT2D eigenvalue weighted by molar-refractivity contribution is 5.97. The third-order valence-electron chi connectivity index (χ3n) is 5.05. The van der Waals surface area contributed by atoms with Crippen LogP contribution in [0, 0.1) is 20.8 Å². The van der Waals surface area contributed by atoms with E-state index in [0.717, 1.165) is 28.2 Å². The fourth-order valence-corrected chi connectivity index (χ4v) is 3.26. The Hall–Kier alpha value is -3.41. The normalized spacial score (nSPS) is 10.6. The molecule has 6 nitrogen and oxygen atoms in total. The maximum atomic E-state index is 12.6. The first-order valence-corrected chi connectivity index (χ1v) is 9.56. The Morgan fingerprint density at radius 2 is 1.66 bits per heavy atom. The van der Waals surface area contributed by atoms with Crippen molar-refractivity contribution in [1.82, 2.24) is 20.0 Å². The van der Waals surface area contributed by atoms with E-state index in [4.69, 9.17) is 0 Å². The van der Waals surface area contributed by atoms with Gasteiger partial charge < -0.3 is 10.2 Å². The van der Waals surface area contributed by atoms with Crippen molar-refractivity contribution in [2.45, 2.75) is 27.3 Å². The van der Waals surface area contributed by atoms with Crippen LogP contribution in [0.4, 0.5) is 0 Å². The summed E-state index contributed by atoms with van der Waals surface area (Å²) in [6.45, 7) is 6.21. The molecule has 1 N–H and O–H groups in total. The van der Waals surface area contributed by atoms with E-state index in [2.05, 4.69) is 10.4 Å². The summed E-state index contributed by atoms with van der Waals surface area (Å²) in [4.78, 5) is 26.5. The van der Waals surface area contributed by atoms with Crippen LogP contribution in [0.15, 0.2) is 54.6 Å². The number of carbonyl (C=O) groups is 2. The summed E-state index contributed by atoms with van der Waals surface area (Å²) in [6.07, 6.45) is 0. The lowest BCUT2D eigenvalue weighted by Gasteiger charge is -2.18. The van der Waals surface area contributed by atoms with Crippen LogP contribution in [0.5, 0.6) is 0 Å². The zero-order valence-corrected chi connectivity index (χ0v) is 17.3. The number of hydrogen-bond acceptors (Lipinski definition) is 3. The smallest absolute Gasteiger partial charge is 0.251 e. The Morgan fingerprint density at radius 1 is 1.00 bits per heavy atom. The number of aromatic nitrogens is 2. The van der Waals surface area contributed by atoms with Gasteiger partial charge in [-0.1, -0.05) is 36.4 Å². The minimum Gasteiger partial charge on any atom is -0.343 e. The monoisotopic (exact) mass is 390 g/mol. The van der Waals surface area contributed by atoms with E-state index in [1.54, 1.807) is 18.0 Å². The van der Waals surface area contributed by atoms with Gasteiger partial charge in [0.05, 0.1) is 17.9 Å². The molecule has 0 unspecified atom stereocenters. The Bertz CT molecular complexity index is 1020. The SMILES string of the molecule is Cc1ccccc1C(=O)NCC(=O)N(C)Cc1c(C)nn(-c2ccccc2)c1C. The van der Waals surface area contributed by atoms with Crippen LogP contribution in [0.25, 0.3) is 5.69 Å². The number of nitrogens with zero attached hydrogens (tertiary/aromatic N) is 3. The summed E-state index contributed by atoms with van der Waals surface area (Å²) in [6, 6.07) is 17.2. The zero-order chi connectivity index (χ0) is 21.0. The lowest BCUT2D eigenvalue weighted by atomic mass is 10.1. The van der Waals surface area contributed by atoms with Crippen molar-refractivity contribution in [1.29, 1.82) is 0 Å². The lowest BCUT2D eigenvalue weighted by Crippen LogP contribution is -2.38. The Morgan fingerprint density at radius 3 is 2.34 bits per heavy atom. The Kier molecular flexibility index (Phi) is 6.12. The molecule has 0 bridgehead atoms. The molecule has 0 aliphatic carbocycles. The van der Waals surface area contributed by atoms with Gasteiger partial charge in [0, 0.05) is 30.4 Å². The molecule has 3 rings (SSSR count). The van der Waals surface area contributed by atoms with Crippen LogP contribution in [0.2, 0.25) is 0 Å². The van der Waals surface area contributed by atoms with Crippen molar-refractivity contribution in [3.63, 3.8) is 0 Å². The van der Waals surface area contributed by atoms with Gasteiger partial charge in [0.1, 0.15) is 0 Å². The quantitative estimate of drug-likeness (QED) is 0.703. The van der Waals surface area contributed by atoms with Crippen molar-refractivity contribution in [3.05, 3.63) is 82.7 Å². The molecule has 6 heteroatoms. The molecule has 0 fully saturated rings. The summed E-state index contributed by atoms with van der Waals surface area (Å²) in [7, 11) is 1.74. The summed E-state index contributed by atoms with van der Waals surface area (Å²) in [5.74, 6) is -0.396. The summed E-state index contributed by atoms with van der Waals surface area (Å²) < 4.78 is 1.89. The van der Waals surface area contributed by atoms with Gasteiger partial charge >= 0.3 is 0 Å². The molecule has 0 saturated heterocycles. The van der Waals surface area contributed by atoms with E-state index < -0.39 is 0 Å². The van der Waals surface area contributed by atoms with Gasteiger partial charge in [-0.25, -0.2) is 4.68 Å². The van der Waals surface area contributed by atoms with Crippen molar-refractivity contribution in [2.24, 2.45) is 0 Å². The maximum absolute atomic E-state index is 12.6. The van der Waals surface area contributed by atoms with Crippen LogP contribution >= 0.6 is 0 Å². The van der Waals surface area contributed by atoms with Gasteiger partial charge in [0.25, 0.3) is 5.91 Å². The van der Waals surface area contributed by atoms with Crippen LogP contribution in [0.3, 0.4) is 0 Å². The Balaban J connectivity index is 1.65. The molecule has 0 saturated carbocycles. The van der Waals surface area contributed by atoms with Crippen molar-refractivity contribution >= 4 is 11.8 Å². The van der Waals surface area contributed by atoms with Gasteiger partial charge in [0.2, 0.25) is 5.91 Å². The van der Waals surface area contributed by atoms with Gasteiger partial charge in [-0.2, -0.15) is 5.10 Å². The number of benzene rings is 2. The van der Waals surface area contributed by atoms with Crippen LogP contribution in [-0.4, -0.2) is 40.1 Å².